The summed E-state index contributed by atoms with van der Waals surface area (Å²) in [7, 11) is 0. The zero-order chi connectivity index (χ0) is 15.5. The topological polar surface area (TPSA) is 32.3 Å². The van der Waals surface area contributed by atoms with Gasteiger partial charge >= 0.3 is 0 Å². The van der Waals surface area contributed by atoms with Crippen molar-refractivity contribution in [2.75, 3.05) is 6.54 Å². The van der Waals surface area contributed by atoms with E-state index in [2.05, 4.69) is 30.4 Å². The first-order chi connectivity index (χ1) is 10.6. The van der Waals surface area contributed by atoms with E-state index < -0.39 is 0 Å². The molecule has 0 saturated carbocycles. The van der Waals surface area contributed by atoms with Gasteiger partial charge in [-0.15, -0.1) is 0 Å². The molecular formula is C18H20ClNOS. The summed E-state index contributed by atoms with van der Waals surface area (Å²) in [5.74, 6) is 0. The molecule has 1 saturated heterocycles. The van der Waals surface area contributed by atoms with Crippen LogP contribution in [0.3, 0.4) is 0 Å². The van der Waals surface area contributed by atoms with Gasteiger partial charge in [0, 0.05) is 20.9 Å². The lowest BCUT2D eigenvalue weighted by molar-refractivity contribution is 0.116. The Morgan fingerprint density at radius 2 is 1.95 bits per heavy atom. The Balaban J connectivity index is 1.88. The standard InChI is InChI=1S/C18H20ClNOS/c1-12-2-7-18(22-15-5-3-13(19)4-6-15)16(10-12)17-11-14(21)8-9-20-17/h2-7,10,14,17,20-21H,8-9,11H2,1H3. The highest BCUT2D eigenvalue weighted by atomic mass is 35.5. The Kier molecular flexibility index (Phi) is 5.09. The Bertz CT molecular complexity index is 644. The molecule has 0 aromatic heterocycles. The van der Waals surface area contributed by atoms with Crippen molar-refractivity contribution in [3.8, 4) is 0 Å². The highest BCUT2D eigenvalue weighted by molar-refractivity contribution is 7.99. The average Bonchev–Trinajstić information content (AvgIpc) is 2.51. The summed E-state index contributed by atoms with van der Waals surface area (Å²) >= 11 is 7.70. The third kappa shape index (κ3) is 3.85. The van der Waals surface area contributed by atoms with Crippen molar-refractivity contribution in [3.63, 3.8) is 0 Å². The zero-order valence-electron chi connectivity index (χ0n) is 12.6. The van der Waals surface area contributed by atoms with Crippen LogP contribution in [0.2, 0.25) is 5.02 Å². The number of benzene rings is 2. The third-order valence-corrected chi connectivity index (χ3v) is 5.31. The number of aliphatic hydroxyl groups excluding tert-OH is 1. The first-order valence-electron chi connectivity index (χ1n) is 7.57. The smallest absolute Gasteiger partial charge is 0.0570 e. The van der Waals surface area contributed by atoms with E-state index in [0.29, 0.717) is 0 Å². The van der Waals surface area contributed by atoms with Crippen molar-refractivity contribution in [2.24, 2.45) is 0 Å². The van der Waals surface area contributed by atoms with Crippen molar-refractivity contribution in [3.05, 3.63) is 58.6 Å². The van der Waals surface area contributed by atoms with Crippen molar-refractivity contribution >= 4 is 23.4 Å². The molecule has 4 heteroatoms. The highest BCUT2D eigenvalue weighted by Gasteiger charge is 2.23. The number of piperidine rings is 1. The van der Waals surface area contributed by atoms with Crippen LogP contribution in [0.15, 0.2) is 52.3 Å². The van der Waals surface area contributed by atoms with Gasteiger partial charge in [0.1, 0.15) is 0 Å². The maximum absolute atomic E-state index is 9.96. The molecular weight excluding hydrogens is 314 g/mol. The van der Waals surface area contributed by atoms with Crippen molar-refractivity contribution in [1.82, 2.24) is 5.32 Å². The summed E-state index contributed by atoms with van der Waals surface area (Å²) in [6, 6.07) is 14.7. The second-order valence-electron chi connectivity index (χ2n) is 5.78. The molecule has 0 spiro atoms. The molecule has 0 aliphatic carbocycles. The number of aliphatic hydroxyl groups is 1. The molecule has 2 unspecified atom stereocenters. The van der Waals surface area contributed by atoms with Crippen LogP contribution >= 0.6 is 23.4 Å². The van der Waals surface area contributed by atoms with E-state index in [1.165, 1.54) is 20.9 Å². The van der Waals surface area contributed by atoms with E-state index in [9.17, 15) is 5.11 Å². The second kappa shape index (κ2) is 7.05. The molecule has 1 aliphatic heterocycles. The van der Waals surface area contributed by atoms with Gasteiger partial charge in [0.15, 0.2) is 0 Å². The Morgan fingerprint density at radius 1 is 1.18 bits per heavy atom. The molecule has 2 aromatic rings. The fourth-order valence-electron chi connectivity index (χ4n) is 2.80. The molecule has 22 heavy (non-hydrogen) atoms. The monoisotopic (exact) mass is 333 g/mol. The van der Waals surface area contributed by atoms with E-state index in [-0.39, 0.29) is 12.1 Å². The third-order valence-electron chi connectivity index (χ3n) is 3.96. The van der Waals surface area contributed by atoms with Gasteiger partial charge in [-0.25, -0.2) is 0 Å². The Labute approximate surface area is 140 Å². The van der Waals surface area contributed by atoms with Gasteiger partial charge in [0.25, 0.3) is 0 Å². The van der Waals surface area contributed by atoms with Gasteiger partial charge in [-0.05, 0) is 62.2 Å². The van der Waals surface area contributed by atoms with E-state index in [1.54, 1.807) is 11.8 Å². The zero-order valence-corrected chi connectivity index (χ0v) is 14.1. The summed E-state index contributed by atoms with van der Waals surface area (Å²) in [5, 5.41) is 14.2. The molecule has 1 aliphatic rings. The van der Waals surface area contributed by atoms with E-state index in [1.807, 2.05) is 24.3 Å². The molecule has 2 aromatic carbocycles. The molecule has 0 bridgehead atoms. The minimum Gasteiger partial charge on any atom is -0.393 e. The first-order valence-corrected chi connectivity index (χ1v) is 8.76. The molecule has 0 amide bonds. The summed E-state index contributed by atoms with van der Waals surface area (Å²) in [6.07, 6.45) is 1.40. The Morgan fingerprint density at radius 3 is 2.68 bits per heavy atom. The number of rotatable bonds is 3. The van der Waals surface area contributed by atoms with Crippen molar-refractivity contribution < 1.29 is 5.11 Å². The predicted molar refractivity (Wildman–Crippen MR) is 92.7 cm³/mol. The van der Waals surface area contributed by atoms with Crippen LogP contribution in [0, 0.1) is 6.92 Å². The van der Waals surface area contributed by atoms with Crippen LogP contribution in [-0.4, -0.2) is 17.8 Å². The fourth-order valence-corrected chi connectivity index (χ4v) is 3.90. The van der Waals surface area contributed by atoms with Crippen LogP contribution in [0.25, 0.3) is 0 Å². The molecule has 1 heterocycles. The number of halogens is 1. The highest BCUT2D eigenvalue weighted by Crippen LogP contribution is 2.36. The lowest BCUT2D eigenvalue weighted by Gasteiger charge is -2.29. The van der Waals surface area contributed by atoms with Crippen LogP contribution in [0.4, 0.5) is 0 Å². The lowest BCUT2D eigenvalue weighted by Crippen LogP contribution is -2.34. The van der Waals surface area contributed by atoms with Gasteiger partial charge in [-0.1, -0.05) is 41.1 Å². The maximum Gasteiger partial charge on any atom is 0.0570 e. The molecule has 116 valence electrons. The van der Waals surface area contributed by atoms with Gasteiger partial charge in [0.2, 0.25) is 0 Å². The molecule has 3 rings (SSSR count). The summed E-state index contributed by atoms with van der Waals surface area (Å²) in [4.78, 5) is 2.41. The molecule has 1 fully saturated rings. The number of aryl methyl sites for hydroxylation is 1. The van der Waals surface area contributed by atoms with E-state index >= 15 is 0 Å². The SMILES string of the molecule is Cc1ccc(Sc2ccc(Cl)cc2)c(C2CC(O)CCN2)c1. The number of nitrogens with one attached hydrogen (secondary N) is 1. The molecule has 0 radical (unpaired) electrons. The molecule has 2 atom stereocenters. The average molecular weight is 334 g/mol. The summed E-state index contributed by atoms with van der Waals surface area (Å²) in [6.45, 7) is 2.98. The van der Waals surface area contributed by atoms with E-state index in [0.717, 1.165) is 24.4 Å². The van der Waals surface area contributed by atoms with Gasteiger partial charge < -0.3 is 10.4 Å². The van der Waals surface area contributed by atoms with Gasteiger partial charge in [-0.2, -0.15) is 0 Å². The number of hydrogen-bond donors (Lipinski definition) is 2. The quantitative estimate of drug-likeness (QED) is 0.862. The maximum atomic E-state index is 9.96. The molecule has 2 nitrogen and oxygen atoms in total. The second-order valence-corrected chi connectivity index (χ2v) is 7.33. The van der Waals surface area contributed by atoms with Gasteiger partial charge in [-0.3, -0.25) is 0 Å². The van der Waals surface area contributed by atoms with Crippen molar-refractivity contribution in [2.45, 2.75) is 41.7 Å². The van der Waals surface area contributed by atoms with Crippen LogP contribution in [0.5, 0.6) is 0 Å². The minimum atomic E-state index is -0.208. The fraction of sp³-hybridized carbons (Fsp3) is 0.333. The van der Waals surface area contributed by atoms with Crippen LogP contribution < -0.4 is 5.32 Å². The summed E-state index contributed by atoms with van der Waals surface area (Å²) < 4.78 is 0. The normalized spacial score (nSPS) is 21.8. The first kappa shape index (κ1) is 15.9. The molecule has 2 N–H and O–H groups in total. The van der Waals surface area contributed by atoms with Crippen molar-refractivity contribution in [1.29, 1.82) is 0 Å². The predicted octanol–water partition coefficient (Wildman–Crippen LogP) is 4.59. The number of hydrogen-bond acceptors (Lipinski definition) is 3. The van der Waals surface area contributed by atoms with Crippen LogP contribution in [-0.2, 0) is 0 Å². The van der Waals surface area contributed by atoms with Crippen LogP contribution in [0.1, 0.15) is 30.0 Å². The Hall–Kier alpha value is -1.00. The minimum absolute atomic E-state index is 0.208. The summed E-state index contributed by atoms with van der Waals surface area (Å²) in [5.41, 5.74) is 2.52. The lowest BCUT2D eigenvalue weighted by atomic mass is 9.94. The van der Waals surface area contributed by atoms with Gasteiger partial charge in [0.05, 0.1) is 6.10 Å². The largest absolute Gasteiger partial charge is 0.393 e. The van der Waals surface area contributed by atoms with E-state index in [4.69, 9.17) is 11.6 Å².